The number of hydrogen-bond donors (Lipinski definition) is 4. The molecule has 9 nitrogen and oxygen atoms in total. The summed E-state index contributed by atoms with van der Waals surface area (Å²) < 4.78 is 10.8. The van der Waals surface area contributed by atoms with Gasteiger partial charge in [0.05, 0.1) is 25.5 Å². The van der Waals surface area contributed by atoms with E-state index in [-0.39, 0.29) is 36.7 Å². The summed E-state index contributed by atoms with van der Waals surface area (Å²) >= 11 is 6.40. The van der Waals surface area contributed by atoms with Crippen molar-refractivity contribution in [3.05, 3.63) is 95.2 Å². The van der Waals surface area contributed by atoms with Gasteiger partial charge in [0.2, 0.25) is 0 Å². The molecule has 226 valence electrons. The summed E-state index contributed by atoms with van der Waals surface area (Å²) in [7, 11) is 0. The summed E-state index contributed by atoms with van der Waals surface area (Å²) in [6, 6.07) is 21.4. The summed E-state index contributed by atoms with van der Waals surface area (Å²) in [6.45, 7) is 3.36. The maximum Gasteiger partial charge on any atom is 0.272 e. The number of anilines is 2. The number of aliphatic hydroxyl groups is 1. The number of hydrogen-bond acceptors (Lipinski definition) is 6. The van der Waals surface area contributed by atoms with Crippen molar-refractivity contribution in [3.63, 3.8) is 0 Å². The van der Waals surface area contributed by atoms with Gasteiger partial charge in [-0.1, -0.05) is 18.2 Å². The molecule has 0 bridgehead atoms. The van der Waals surface area contributed by atoms with Gasteiger partial charge in [-0.15, -0.1) is 11.6 Å². The molecule has 0 unspecified atom stereocenters. The number of halogens is 1. The Morgan fingerprint density at radius 2 is 1.86 bits per heavy atom. The van der Waals surface area contributed by atoms with Crippen LogP contribution >= 0.6 is 11.6 Å². The van der Waals surface area contributed by atoms with Crippen LogP contribution in [-0.2, 0) is 4.74 Å². The van der Waals surface area contributed by atoms with Crippen LogP contribution in [0.5, 0.6) is 11.5 Å². The van der Waals surface area contributed by atoms with E-state index in [2.05, 4.69) is 10.3 Å². The topological polar surface area (TPSA) is 124 Å². The lowest BCUT2D eigenvalue weighted by molar-refractivity contribution is 0.0705. The molecular formula is C34H32ClN3O6. The SMILES string of the molecule is Cc1cccc2c(O)cc3c(c12)[C@H](CCl)CN3C(=O)c1ccc2[nH]c(C(=O)Nc3ccc(OCCOCCO)cc3)cc2c1. The zero-order valence-electron chi connectivity index (χ0n) is 24.1. The summed E-state index contributed by atoms with van der Waals surface area (Å²) in [4.78, 5) is 31.7. The Hall–Kier alpha value is -4.57. The fraction of sp³-hybridized carbons (Fsp3) is 0.235. The minimum atomic E-state index is -0.323. The Morgan fingerprint density at radius 1 is 1.05 bits per heavy atom. The van der Waals surface area contributed by atoms with Gasteiger partial charge in [0.25, 0.3) is 11.8 Å². The van der Waals surface area contributed by atoms with Gasteiger partial charge in [-0.3, -0.25) is 9.59 Å². The maximum absolute atomic E-state index is 13.9. The first-order valence-electron chi connectivity index (χ1n) is 14.4. The van der Waals surface area contributed by atoms with E-state index in [1.54, 1.807) is 59.5 Å². The van der Waals surface area contributed by atoms with Gasteiger partial charge in [-0.05, 0) is 72.0 Å². The Kier molecular flexibility index (Phi) is 8.43. The van der Waals surface area contributed by atoms with E-state index in [1.165, 1.54) is 0 Å². The second-order valence-corrected chi connectivity index (χ2v) is 11.0. The largest absolute Gasteiger partial charge is 0.507 e. The first-order valence-corrected chi connectivity index (χ1v) is 14.9. The zero-order valence-corrected chi connectivity index (χ0v) is 24.9. The number of nitrogens with one attached hydrogen (secondary N) is 2. The number of aromatic hydroxyl groups is 1. The average Bonchev–Trinajstić information content (AvgIpc) is 3.63. The Labute approximate surface area is 259 Å². The number of ether oxygens (including phenoxy) is 2. The molecule has 1 atom stereocenters. The Morgan fingerprint density at radius 3 is 2.64 bits per heavy atom. The van der Waals surface area contributed by atoms with E-state index in [9.17, 15) is 14.7 Å². The highest BCUT2D eigenvalue weighted by molar-refractivity contribution is 6.19. The fourth-order valence-corrected chi connectivity index (χ4v) is 6.03. The molecule has 4 N–H and O–H groups in total. The van der Waals surface area contributed by atoms with Gasteiger partial charge in [0.1, 0.15) is 23.8 Å². The molecule has 0 saturated carbocycles. The van der Waals surface area contributed by atoms with Crippen LogP contribution in [0.15, 0.2) is 72.8 Å². The van der Waals surface area contributed by atoms with E-state index in [0.717, 1.165) is 32.8 Å². The Bertz CT molecular complexity index is 1850. The molecule has 4 aromatic carbocycles. The molecule has 10 heteroatoms. The van der Waals surface area contributed by atoms with Crippen LogP contribution in [0.1, 0.15) is 37.9 Å². The quantitative estimate of drug-likeness (QED) is 0.114. The lowest BCUT2D eigenvalue weighted by Gasteiger charge is -2.19. The van der Waals surface area contributed by atoms with E-state index >= 15 is 0 Å². The fourth-order valence-electron chi connectivity index (χ4n) is 5.78. The van der Waals surface area contributed by atoms with Crippen LogP contribution in [0.4, 0.5) is 11.4 Å². The molecule has 0 radical (unpaired) electrons. The number of aromatic amines is 1. The van der Waals surface area contributed by atoms with Crippen molar-refractivity contribution in [1.82, 2.24) is 4.98 Å². The molecule has 0 aliphatic carbocycles. The third-order valence-electron chi connectivity index (χ3n) is 7.86. The van der Waals surface area contributed by atoms with E-state index in [1.807, 2.05) is 25.1 Å². The van der Waals surface area contributed by atoms with Crippen LogP contribution in [0.3, 0.4) is 0 Å². The second-order valence-electron chi connectivity index (χ2n) is 10.7. The van der Waals surface area contributed by atoms with Crippen molar-refractivity contribution in [2.45, 2.75) is 12.8 Å². The molecule has 0 fully saturated rings. The highest BCUT2D eigenvalue weighted by atomic mass is 35.5. The normalized spacial score (nSPS) is 14.2. The molecule has 2 heterocycles. The number of carbonyl (C=O) groups is 2. The molecule has 2 amide bonds. The number of phenolic OH excluding ortho intramolecular Hbond substituents is 1. The molecule has 0 saturated heterocycles. The second kappa shape index (κ2) is 12.6. The van der Waals surface area contributed by atoms with E-state index in [4.69, 9.17) is 26.2 Å². The lowest BCUT2D eigenvalue weighted by atomic mass is 9.92. The molecule has 44 heavy (non-hydrogen) atoms. The van der Waals surface area contributed by atoms with Gasteiger partial charge >= 0.3 is 0 Å². The highest BCUT2D eigenvalue weighted by Gasteiger charge is 2.35. The summed E-state index contributed by atoms with van der Waals surface area (Å²) in [5, 5.41) is 24.9. The number of aliphatic hydroxyl groups excluding tert-OH is 1. The summed E-state index contributed by atoms with van der Waals surface area (Å²) in [5.74, 6) is 0.501. The third kappa shape index (κ3) is 5.69. The number of nitrogens with zero attached hydrogens (tertiary/aromatic N) is 1. The molecule has 5 aromatic rings. The maximum atomic E-state index is 13.9. The molecule has 0 spiro atoms. The summed E-state index contributed by atoms with van der Waals surface area (Å²) in [5.41, 5.74) is 4.80. The number of amides is 2. The van der Waals surface area contributed by atoms with Crippen molar-refractivity contribution >= 4 is 56.5 Å². The zero-order chi connectivity index (χ0) is 30.8. The monoisotopic (exact) mass is 613 g/mol. The average molecular weight is 614 g/mol. The number of H-pyrrole nitrogens is 1. The first kappa shape index (κ1) is 29.5. The number of alkyl halides is 1. The van der Waals surface area contributed by atoms with Crippen LogP contribution in [0.25, 0.3) is 21.7 Å². The molecule has 1 aromatic heterocycles. The molecular weight excluding hydrogens is 582 g/mol. The Balaban J connectivity index is 1.19. The number of rotatable bonds is 10. The minimum Gasteiger partial charge on any atom is -0.507 e. The van der Waals surface area contributed by atoms with Crippen LogP contribution in [0.2, 0.25) is 0 Å². The minimum absolute atomic E-state index is 0.0310. The van der Waals surface area contributed by atoms with E-state index < -0.39 is 0 Å². The number of fused-ring (bicyclic) bond motifs is 4. The van der Waals surface area contributed by atoms with Crippen LogP contribution < -0.4 is 15.0 Å². The molecule has 1 aliphatic heterocycles. The lowest BCUT2D eigenvalue weighted by Crippen LogP contribution is -2.30. The van der Waals surface area contributed by atoms with Crippen molar-refractivity contribution in [2.24, 2.45) is 0 Å². The van der Waals surface area contributed by atoms with Gasteiger partial charge in [-0.25, -0.2) is 0 Å². The number of carbonyl (C=O) groups excluding carboxylic acids is 2. The van der Waals surface area contributed by atoms with Crippen molar-refractivity contribution < 1.29 is 29.3 Å². The highest BCUT2D eigenvalue weighted by Crippen LogP contribution is 2.46. The predicted octanol–water partition coefficient (Wildman–Crippen LogP) is 5.96. The van der Waals surface area contributed by atoms with Gasteiger partial charge in [-0.2, -0.15) is 0 Å². The molecule has 6 rings (SSSR count). The van der Waals surface area contributed by atoms with Crippen LogP contribution in [0, 0.1) is 6.92 Å². The van der Waals surface area contributed by atoms with E-state index in [0.29, 0.717) is 54.0 Å². The molecule has 1 aliphatic rings. The van der Waals surface area contributed by atoms with Gasteiger partial charge in [0, 0.05) is 51.9 Å². The first-order chi connectivity index (χ1) is 21.4. The van der Waals surface area contributed by atoms with Crippen LogP contribution in [-0.4, -0.2) is 65.9 Å². The number of aromatic nitrogens is 1. The number of benzene rings is 4. The number of aryl methyl sites for hydroxylation is 1. The van der Waals surface area contributed by atoms with Gasteiger partial charge in [0.15, 0.2) is 0 Å². The predicted molar refractivity (Wildman–Crippen MR) is 172 cm³/mol. The summed E-state index contributed by atoms with van der Waals surface area (Å²) in [6.07, 6.45) is 0. The standard InChI is InChI=1S/C34H32ClN3O6/c1-20-3-2-4-26-30(40)17-29-32(31(20)26)23(18-35)19-38(29)34(42)21-5-10-27-22(15-21)16-28(37-27)33(41)36-24-6-8-25(9-7-24)44-14-13-43-12-11-39/h2-10,15-17,23,37,39-40H,11-14,18-19H2,1H3,(H,36,41)/t23-/m1/s1. The number of phenols is 1. The third-order valence-corrected chi connectivity index (χ3v) is 8.23. The van der Waals surface area contributed by atoms with Crippen molar-refractivity contribution in [2.75, 3.05) is 49.1 Å². The van der Waals surface area contributed by atoms with Crippen molar-refractivity contribution in [1.29, 1.82) is 0 Å². The smallest absolute Gasteiger partial charge is 0.272 e. The van der Waals surface area contributed by atoms with Gasteiger partial charge < -0.3 is 34.9 Å². The van der Waals surface area contributed by atoms with Crippen molar-refractivity contribution in [3.8, 4) is 11.5 Å².